The smallest absolute Gasteiger partial charge is 0.253 e. The maximum Gasteiger partial charge on any atom is 0.253 e. The third kappa shape index (κ3) is 5.42. The minimum absolute atomic E-state index is 0. The second kappa shape index (κ2) is 9.17. The molecule has 0 aromatic heterocycles. The number of benzene rings is 1. The molecule has 0 spiro atoms. The van der Waals surface area contributed by atoms with E-state index in [1.807, 2.05) is 0 Å². The highest BCUT2D eigenvalue weighted by atomic mass is 35.5. The Kier molecular flexibility index (Phi) is 7.23. The van der Waals surface area contributed by atoms with E-state index < -0.39 is 0 Å². The zero-order valence-electron chi connectivity index (χ0n) is 14.4. The molecule has 3 atom stereocenters. The van der Waals surface area contributed by atoms with Gasteiger partial charge >= 0.3 is 0 Å². The average Bonchev–Trinajstić information content (AvgIpc) is 3.10. The molecule has 0 radical (unpaired) electrons. The third-order valence-electron chi connectivity index (χ3n) is 4.57. The molecular weight excluding hydrogens is 342 g/mol. The van der Waals surface area contributed by atoms with Crippen LogP contribution in [0.25, 0.3) is 0 Å². The molecule has 25 heavy (non-hydrogen) atoms. The fourth-order valence-electron chi connectivity index (χ4n) is 3.28. The molecule has 1 aromatic carbocycles. The van der Waals surface area contributed by atoms with Crippen LogP contribution in [0.5, 0.6) is 0 Å². The van der Waals surface area contributed by atoms with Crippen LogP contribution in [0.1, 0.15) is 43.0 Å². The Morgan fingerprint density at radius 1 is 1.28 bits per heavy atom. The van der Waals surface area contributed by atoms with Crippen molar-refractivity contribution < 1.29 is 14.3 Å². The standard InChI is InChI=1S/C18H25N3O3.ClH/c1-12-10-15(7-8-19-12)20-17(22)13-4-2-5-14(11-13)21-18(23)16-6-3-9-24-16;/h2,4-5,11-12,15-16,19H,3,6-10H2,1H3,(H,20,22)(H,21,23);1H. The molecule has 2 aliphatic rings. The van der Waals surface area contributed by atoms with Gasteiger partial charge < -0.3 is 20.7 Å². The molecule has 3 N–H and O–H groups in total. The predicted molar refractivity (Wildman–Crippen MR) is 99.2 cm³/mol. The second-order valence-electron chi connectivity index (χ2n) is 6.62. The van der Waals surface area contributed by atoms with E-state index in [-0.39, 0.29) is 36.4 Å². The zero-order valence-corrected chi connectivity index (χ0v) is 15.2. The van der Waals surface area contributed by atoms with Crippen molar-refractivity contribution in [3.63, 3.8) is 0 Å². The summed E-state index contributed by atoms with van der Waals surface area (Å²) in [5, 5.41) is 9.29. The van der Waals surface area contributed by atoms with E-state index >= 15 is 0 Å². The van der Waals surface area contributed by atoms with E-state index in [2.05, 4.69) is 22.9 Å². The summed E-state index contributed by atoms with van der Waals surface area (Å²) in [4.78, 5) is 24.6. The monoisotopic (exact) mass is 367 g/mol. The number of carbonyl (C=O) groups is 2. The number of carbonyl (C=O) groups excluding carboxylic acids is 2. The Morgan fingerprint density at radius 3 is 2.84 bits per heavy atom. The van der Waals surface area contributed by atoms with Crippen molar-refractivity contribution >= 4 is 29.9 Å². The second-order valence-corrected chi connectivity index (χ2v) is 6.62. The van der Waals surface area contributed by atoms with Gasteiger partial charge in [0.25, 0.3) is 11.8 Å². The number of ether oxygens (including phenoxy) is 1. The first-order chi connectivity index (χ1) is 11.6. The van der Waals surface area contributed by atoms with E-state index in [0.717, 1.165) is 32.2 Å². The van der Waals surface area contributed by atoms with E-state index in [4.69, 9.17) is 4.74 Å². The molecule has 0 saturated carbocycles. The molecule has 7 heteroatoms. The average molecular weight is 368 g/mol. The molecule has 2 heterocycles. The summed E-state index contributed by atoms with van der Waals surface area (Å²) < 4.78 is 5.38. The normalized spacial score (nSPS) is 25.7. The molecule has 3 unspecified atom stereocenters. The number of piperidine rings is 1. The van der Waals surface area contributed by atoms with E-state index in [1.54, 1.807) is 24.3 Å². The Morgan fingerprint density at radius 2 is 2.12 bits per heavy atom. The van der Waals surface area contributed by atoms with Crippen molar-refractivity contribution in [2.45, 2.75) is 50.8 Å². The van der Waals surface area contributed by atoms with Crippen LogP contribution in [-0.2, 0) is 9.53 Å². The van der Waals surface area contributed by atoms with Crippen molar-refractivity contribution in [2.75, 3.05) is 18.5 Å². The highest BCUT2D eigenvalue weighted by Crippen LogP contribution is 2.17. The number of amides is 2. The quantitative estimate of drug-likeness (QED) is 0.761. The van der Waals surface area contributed by atoms with Crippen molar-refractivity contribution in [1.82, 2.24) is 10.6 Å². The predicted octanol–water partition coefficient (Wildman–Crippen LogP) is 2.10. The summed E-state index contributed by atoms with van der Waals surface area (Å²) in [5.74, 6) is -0.237. The summed E-state index contributed by atoms with van der Waals surface area (Å²) in [6, 6.07) is 7.66. The van der Waals surface area contributed by atoms with Gasteiger partial charge in [0.1, 0.15) is 6.10 Å². The first-order valence-electron chi connectivity index (χ1n) is 8.68. The minimum atomic E-state index is -0.376. The lowest BCUT2D eigenvalue weighted by atomic mass is 10.00. The Labute approximate surface area is 154 Å². The molecule has 1 aromatic rings. The highest BCUT2D eigenvalue weighted by molar-refractivity contribution is 5.98. The van der Waals surface area contributed by atoms with Crippen LogP contribution >= 0.6 is 12.4 Å². The maximum atomic E-state index is 12.4. The molecule has 138 valence electrons. The fourth-order valence-corrected chi connectivity index (χ4v) is 3.28. The molecular formula is C18H26ClN3O3. The van der Waals surface area contributed by atoms with Crippen LogP contribution in [-0.4, -0.2) is 43.2 Å². The lowest BCUT2D eigenvalue weighted by Crippen LogP contribution is -2.46. The maximum absolute atomic E-state index is 12.4. The number of rotatable bonds is 4. The molecule has 0 bridgehead atoms. The zero-order chi connectivity index (χ0) is 16.9. The van der Waals surface area contributed by atoms with Crippen molar-refractivity contribution in [3.8, 4) is 0 Å². The molecule has 6 nitrogen and oxygen atoms in total. The number of hydrogen-bond donors (Lipinski definition) is 3. The first kappa shape index (κ1) is 19.7. The SMILES string of the molecule is CC1CC(NC(=O)c2cccc(NC(=O)C3CCCO3)c2)CCN1.Cl. The van der Waals surface area contributed by atoms with Crippen LogP contribution in [0.3, 0.4) is 0 Å². The third-order valence-corrected chi connectivity index (χ3v) is 4.57. The summed E-state index contributed by atoms with van der Waals surface area (Å²) in [6.45, 7) is 3.68. The van der Waals surface area contributed by atoms with Gasteiger partial charge in [0.05, 0.1) is 0 Å². The minimum Gasteiger partial charge on any atom is -0.368 e. The number of nitrogens with one attached hydrogen (secondary N) is 3. The van der Waals surface area contributed by atoms with Gasteiger partial charge in [-0.2, -0.15) is 0 Å². The fraction of sp³-hybridized carbons (Fsp3) is 0.556. The van der Waals surface area contributed by atoms with Crippen LogP contribution in [0.2, 0.25) is 0 Å². The van der Waals surface area contributed by atoms with Crippen molar-refractivity contribution in [1.29, 1.82) is 0 Å². The van der Waals surface area contributed by atoms with E-state index in [0.29, 0.717) is 23.9 Å². The van der Waals surface area contributed by atoms with Crippen LogP contribution in [0.4, 0.5) is 5.69 Å². The van der Waals surface area contributed by atoms with Gasteiger partial charge in [-0.25, -0.2) is 0 Å². The summed E-state index contributed by atoms with van der Waals surface area (Å²) in [6.07, 6.45) is 3.15. The summed E-state index contributed by atoms with van der Waals surface area (Å²) in [7, 11) is 0. The van der Waals surface area contributed by atoms with Crippen molar-refractivity contribution in [3.05, 3.63) is 29.8 Å². The number of halogens is 1. The van der Waals surface area contributed by atoms with Crippen LogP contribution in [0, 0.1) is 0 Å². The lowest BCUT2D eigenvalue weighted by Gasteiger charge is -2.28. The molecule has 3 rings (SSSR count). The van der Waals surface area contributed by atoms with Crippen molar-refractivity contribution in [2.24, 2.45) is 0 Å². The molecule has 2 fully saturated rings. The van der Waals surface area contributed by atoms with Gasteiger partial charge in [-0.15, -0.1) is 12.4 Å². The molecule has 0 aliphatic carbocycles. The lowest BCUT2D eigenvalue weighted by molar-refractivity contribution is -0.124. The Hall–Kier alpha value is -1.63. The highest BCUT2D eigenvalue weighted by Gasteiger charge is 2.24. The van der Waals surface area contributed by atoms with Gasteiger partial charge in [0.15, 0.2) is 0 Å². The van der Waals surface area contributed by atoms with Gasteiger partial charge in [-0.1, -0.05) is 6.07 Å². The van der Waals surface area contributed by atoms with Gasteiger partial charge in [0.2, 0.25) is 0 Å². The molecule has 2 aliphatic heterocycles. The van der Waals surface area contributed by atoms with Crippen LogP contribution in [0.15, 0.2) is 24.3 Å². The number of hydrogen-bond acceptors (Lipinski definition) is 4. The molecule has 2 amide bonds. The first-order valence-corrected chi connectivity index (χ1v) is 8.68. The summed E-state index contributed by atoms with van der Waals surface area (Å²) >= 11 is 0. The van der Waals surface area contributed by atoms with Gasteiger partial charge in [-0.3, -0.25) is 9.59 Å². The Bertz CT molecular complexity index is 605. The number of anilines is 1. The topological polar surface area (TPSA) is 79.5 Å². The van der Waals surface area contributed by atoms with Gasteiger partial charge in [-0.05, 0) is 57.4 Å². The van der Waals surface area contributed by atoms with Gasteiger partial charge in [0, 0.05) is 29.9 Å². The van der Waals surface area contributed by atoms with E-state index in [1.165, 1.54) is 0 Å². The largest absolute Gasteiger partial charge is 0.368 e. The summed E-state index contributed by atoms with van der Waals surface area (Å²) in [5.41, 5.74) is 1.19. The molecule has 2 saturated heterocycles. The van der Waals surface area contributed by atoms with E-state index in [9.17, 15) is 9.59 Å². The Balaban J connectivity index is 0.00000225. The van der Waals surface area contributed by atoms with Crippen LogP contribution < -0.4 is 16.0 Å².